The number of nitrogens with zero attached hydrogens (tertiary/aromatic N) is 2. The molecule has 0 radical (unpaired) electrons. The quantitative estimate of drug-likeness (QED) is 0.675. The summed E-state index contributed by atoms with van der Waals surface area (Å²) in [6.45, 7) is 2.91. The summed E-state index contributed by atoms with van der Waals surface area (Å²) < 4.78 is 2.36. The summed E-state index contributed by atoms with van der Waals surface area (Å²) >= 11 is 6.38. The van der Waals surface area contributed by atoms with Crippen LogP contribution in [-0.4, -0.2) is 16.0 Å². The van der Waals surface area contributed by atoms with Crippen molar-refractivity contribution in [1.82, 2.24) is 9.47 Å². The normalized spacial score (nSPS) is 17.9. The molecule has 2 aromatic carbocycles. The third-order valence-corrected chi connectivity index (χ3v) is 4.95. The Morgan fingerprint density at radius 3 is 2.48 bits per heavy atom. The van der Waals surface area contributed by atoms with Gasteiger partial charge in [0.1, 0.15) is 0 Å². The number of aromatic nitrogens is 1. The maximum Gasteiger partial charge on any atom is 0.0759 e. The third-order valence-electron chi connectivity index (χ3n) is 4.58. The molecule has 0 N–H and O–H groups in total. The molecule has 4 rings (SSSR count). The van der Waals surface area contributed by atoms with Gasteiger partial charge in [-0.3, -0.25) is 4.90 Å². The SMILES string of the molecule is Clc1ccccc1CN1CCn2cccc2C1c1ccccc1. The Bertz CT molecular complexity index is 794. The van der Waals surface area contributed by atoms with Gasteiger partial charge in [-0.1, -0.05) is 60.1 Å². The van der Waals surface area contributed by atoms with Gasteiger partial charge in [0.25, 0.3) is 0 Å². The Labute approximate surface area is 141 Å². The number of benzene rings is 2. The van der Waals surface area contributed by atoms with Crippen LogP contribution >= 0.6 is 11.6 Å². The minimum absolute atomic E-state index is 0.274. The van der Waals surface area contributed by atoms with Crippen molar-refractivity contribution in [1.29, 1.82) is 0 Å². The molecule has 0 saturated carbocycles. The zero-order valence-electron chi connectivity index (χ0n) is 12.9. The van der Waals surface area contributed by atoms with E-state index < -0.39 is 0 Å². The van der Waals surface area contributed by atoms with Gasteiger partial charge in [-0.15, -0.1) is 0 Å². The number of hydrogen-bond acceptors (Lipinski definition) is 1. The number of halogens is 1. The fraction of sp³-hybridized carbons (Fsp3) is 0.200. The summed E-state index contributed by atoms with van der Waals surface area (Å²) in [7, 11) is 0. The van der Waals surface area contributed by atoms with Crippen LogP contribution in [0.4, 0.5) is 0 Å². The fourth-order valence-electron chi connectivity index (χ4n) is 3.46. The van der Waals surface area contributed by atoms with Gasteiger partial charge in [-0.25, -0.2) is 0 Å². The van der Waals surface area contributed by atoms with E-state index >= 15 is 0 Å². The van der Waals surface area contributed by atoms with Crippen molar-refractivity contribution >= 4 is 11.6 Å². The average molecular weight is 323 g/mol. The molecular formula is C20H19ClN2. The molecule has 1 aliphatic heterocycles. The second-order valence-electron chi connectivity index (χ2n) is 6.00. The second kappa shape index (κ2) is 6.23. The Kier molecular flexibility index (Phi) is 3.94. The van der Waals surface area contributed by atoms with Gasteiger partial charge in [0.05, 0.1) is 6.04 Å². The second-order valence-corrected chi connectivity index (χ2v) is 6.41. The molecular weight excluding hydrogens is 304 g/mol. The van der Waals surface area contributed by atoms with Gasteiger partial charge in [0.15, 0.2) is 0 Å². The van der Waals surface area contributed by atoms with Gasteiger partial charge in [-0.2, -0.15) is 0 Å². The highest BCUT2D eigenvalue weighted by atomic mass is 35.5. The molecule has 0 aliphatic carbocycles. The number of rotatable bonds is 3. The largest absolute Gasteiger partial charge is 0.348 e. The summed E-state index contributed by atoms with van der Waals surface area (Å²) in [5.41, 5.74) is 3.88. The van der Waals surface area contributed by atoms with E-state index in [2.05, 4.69) is 70.3 Å². The zero-order valence-corrected chi connectivity index (χ0v) is 13.7. The molecule has 3 aromatic rings. The molecule has 23 heavy (non-hydrogen) atoms. The van der Waals surface area contributed by atoms with Crippen LogP contribution < -0.4 is 0 Å². The average Bonchev–Trinajstić information content (AvgIpc) is 3.06. The van der Waals surface area contributed by atoms with E-state index in [9.17, 15) is 0 Å². The Balaban J connectivity index is 1.72. The minimum Gasteiger partial charge on any atom is -0.348 e. The first-order valence-electron chi connectivity index (χ1n) is 8.00. The summed E-state index contributed by atoms with van der Waals surface area (Å²) in [5, 5.41) is 0.847. The van der Waals surface area contributed by atoms with Crippen LogP contribution in [-0.2, 0) is 13.1 Å². The highest BCUT2D eigenvalue weighted by Gasteiger charge is 2.28. The zero-order chi connectivity index (χ0) is 15.6. The molecule has 116 valence electrons. The van der Waals surface area contributed by atoms with E-state index in [0.29, 0.717) is 0 Å². The smallest absolute Gasteiger partial charge is 0.0759 e. The summed E-state index contributed by atoms with van der Waals surface area (Å²) in [4.78, 5) is 2.52. The maximum atomic E-state index is 6.38. The summed E-state index contributed by atoms with van der Waals surface area (Å²) in [6, 6.07) is 23.5. The van der Waals surface area contributed by atoms with Gasteiger partial charge < -0.3 is 4.57 Å². The molecule has 2 nitrogen and oxygen atoms in total. The van der Waals surface area contributed by atoms with E-state index in [0.717, 1.165) is 24.7 Å². The molecule has 0 bridgehead atoms. The maximum absolute atomic E-state index is 6.38. The van der Waals surface area contributed by atoms with Crippen LogP contribution in [0, 0.1) is 0 Å². The van der Waals surface area contributed by atoms with Crippen LogP contribution in [0.2, 0.25) is 5.02 Å². The van der Waals surface area contributed by atoms with E-state index in [1.807, 2.05) is 12.1 Å². The van der Waals surface area contributed by atoms with Crippen LogP contribution in [0.5, 0.6) is 0 Å². The van der Waals surface area contributed by atoms with Gasteiger partial charge in [-0.05, 0) is 29.3 Å². The number of fused-ring (bicyclic) bond motifs is 1. The first kappa shape index (κ1) is 14.6. The van der Waals surface area contributed by atoms with Crippen LogP contribution in [0.25, 0.3) is 0 Å². The van der Waals surface area contributed by atoms with Gasteiger partial charge in [0.2, 0.25) is 0 Å². The topological polar surface area (TPSA) is 8.17 Å². The minimum atomic E-state index is 0.274. The molecule has 1 aliphatic rings. The van der Waals surface area contributed by atoms with Crippen molar-refractivity contribution in [2.75, 3.05) is 6.54 Å². The fourth-order valence-corrected chi connectivity index (χ4v) is 3.66. The van der Waals surface area contributed by atoms with E-state index in [4.69, 9.17) is 11.6 Å². The highest BCUT2D eigenvalue weighted by Crippen LogP contribution is 2.34. The summed E-state index contributed by atoms with van der Waals surface area (Å²) in [5.74, 6) is 0. The van der Waals surface area contributed by atoms with E-state index in [-0.39, 0.29) is 6.04 Å². The van der Waals surface area contributed by atoms with Gasteiger partial charge >= 0.3 is 0 Å². The molecule has 0 spiro atoms. The van der Waals surface area contributed by atoms with Gasteiger partial charge in [0, 0.05) is 36.5 Å². The van der Waals surface area contributed by atoms with Crippen molar-refractivity contribution in [2.45, 2.75) is 19.1 Å². The first-order valence-corrected chi connectivity index (χ1v) is 8.38. The van der Waals surface area contributed by atoms with Crippen molar-refractivity contribution in [3.05, 3.63) is 94.8 Å². The standard InChI is InChI=1S/C20H19ClN2/c21-18-10-5-4-9-17(18)15-23-14-13-22-12-6-11-19(22)20(23)16-7-2-1-3-8-16/h1-12,20H,13-15H2. The predicted octanol–water partition coefficient (Wildman–Crippen LogP) is 4.75. The molecule has 1 unspecified atom stereocenters. The van der Waals surface area contributed by atoms with Crippen molar-refractivity contribution in [2.24, 2.45) is 0 Å². The lowest BCUT2D eigenvalue weighted by atomic mass is 9.99. The molecule has 0 saturated heterocycles. The lowest BCUT2D eigenvalue weighted by Crippen LogP contribution is -2.37. The van der Waals surface area contributed by atoms with Crippen LogP contribution in [0.3, 0.4) is 0 Å². The predicted molar refractivity (Wildman–Crippen MR) is 94.6 cm³/mol. The summed E-state index contributed by atoms with van der Waals surface area (Å²) in [6.07, 6.45) is 2.18. The Morgan fingerprint density at radius 1 is 0.870 bits per heavy atom. The molecule has 1 atom stereocenters. The highest BCUT2D eigenvalue weighted by molar-refractivity contribution is 6.31. The number of hydrogen-bond donors (Lipinski definition) is 0. The van der Waals surface area contributed by atoms with Crippen molar-refractivity contribution in [3.8, 4) is 0 Å². The molecule has 0 amide bonds. The molecule has 0 fully saturated rings. The lowest BCUT2D eigenvalue weighted by molar-refractivity contribution is 0.175. The Morgan fingerprint density at radius 2 is 1.65 bits per heavy atom. The third kappa shape index (κ3) is 2.80. The van der Waals surface area contributed by atoms with Crippen molar-refractivity contribution < 1.29 is 0 Å². The molecule has 1 aromatic heterocycles. The monoisotopic (exact) mass is 322 g/mol. The van der Waals surface area contributed by atoms with Crippen LogP contribution in [0.15, 0.2) is 72.9 Å². The van der Waals surface area contributed by atoms with Crippen molar-refractivity contribution in [3.63, 3.8) is 0 Å². The van der Waals surface area contributed by atoms with E-state index in [1.165, 1.54) is 16.8 Å². The Hall–Kier alpha value is -2.03. The van der Waals surface area contributed by atoms with E-state index in [1.54, 1.807) is 0 Å². The molecule has 3 heteroatoms. The van der Waals surface area contributed by atoms with Crippen LogP contribution in [0.1, 0.15) is 22.9 Å². The lowest BCUT2D eigenvalue weighted by Gasteiger charge is -2.37. The first-order chi connectivity index (χ1) is 11.3. The molecule has 2 heterocycles.